The highest BCUT2D eigenvalue weighted by atomic mass is 16.5. The summed E-state index contributed by atoms with van der Waals surface area (Å²) in [4.78, 5) is 19.5. The van der Waals surface area contributed by atoms with Crippen LogP contribution in [0.2, 0.25) is 0 Å². The van der Waals surface area contributed by atoms with E-state index in [1.807, 2.05) is 20.8 Å². The van der Waals surface area contributed by atoms with Crippen molar-refractivity contribution in [3.8, 4) is 0 Å². The van der Waals surface area contributed by atoms with Gasteiger partial charge in [0.2, 0.25) is 0 Å². The molecule has 0 aliphatic carbocycles. The number of hydrogen-bond donors (Lipinski definition) is 1. The van der Waals surface area contributed by atoms with E-state index in [9.17, 15) is 4.79 Å². The molecular weight excluding hydrogens is 194 g/mol. The number of nitrogen functional groups attached to an aromatic ring is 1. The zero-order valence-electron chi connectivity index (χ0n) is 9.37. The van der Waals surface area contributed by atoms with Crippen LogP contribution in [-0.4, -0.2) is 23.0 Å². The minimum atomic E-state index is -0.541. The molecule has 0 amide bonds. The van der Waals surface area contributed by atoms with Crippen LogP contribution >= 0.6 is 0 Å². The van der Waals surface area contributed by atoms with Gasteiger partial charge >= 0.3 is 5.97 Å². The van der Waals surface area contributed by atoms with Gasteiger partial charge in [0.25, 0.3) is 0 Å². The first-order valence-corrected chi connectivity index (χ1v) is 4.57. The highest BCUT2D eigenvalue weighted by Crippen LogP contribution is 2.20. The first-order chi connectivity index (χ1) is 6.86. The van der Waals surface area contributed by atoms with Crippen molar-refractivity contribution in [3.05, 3.63) is 17.7 Å². The lowest BCUT2D eigenvalue weighted by Gasteiger charge is -2.17. The molecule has 0 bridgehead atoms. The minimum Gasteiger partial charge on any atom is -0.464 e. The van der Waals surface area contributed by atoms with Crippen molar-refractivity contribution in [2.24, 2.45) is 0 Å². The summed E-state index contributed by atoms with van der Waals surface area (Å²) in [6.07, 6.45) is 1.43. The average Bonchev–Trinajstić information content (AvgIpc) is 2.15. The fraction of sp³-hybridized carbons (Fsp3) is 0.500. The molecular formula is C10H15N3O2. The molecule has 1 rings (SSSR count). The zero-order chi connectivity index (χ0) is 11.6. The summed E-state index contributed by atoms with van der Waals surface area (Å²) in [5.74, 6) is 0.0255. The predicted molar refractivity (Wildman–Crippen MR) is 56.5 cm³/mol. The smallest absolute Gasteiger partial charge is 0.358 e. The lowest BCUT2D eigenvalue weighted by Crippen LogP contribution is -2.19. The number of nitrogens with two attached hydrogens (primary N) is 1. The first-order valence-electron chi connectivity index (χ1n) is 4.57. The molecule has 0 radical (unpaired) electrons. The summed E-state index contributed by atoms with van der Waals surface area (Å²) in [5.41, 5.74) is 5.71. The summed E-state index contributed by atoms with van der Waals surface area (Å²) in [6, 6.07) is 0. The number of carbonyl (C=O) groups is 1. The summed E-state index contributed by atoms with van der Waals surface area (Å²) < 4.78 is 4.58. The molecule has 0 unspecified atom stereocenters. The summed E-state index contributed by atoms with van der Waals surface area (Å²) in [7, 11) is 1.29. The number of carbonyl (C=O) groups excluding carboxylic acids is 1. The van der Waals surface area contributed by atoms with E-state index in [-0.39, 0.29) is 16.8 Å². The number of aromatic nitrogens is 2. The second-order valence-electron chi connectivity index (χ2n) is 4.24. The van der Waals surface area contributed by atoms with E-state index in [2.05, 4.69) is 14.7 Å². The van der Waals surface area contributed by atoms with E-state index in [0.717, 1.165) is 0 Å². The second kappa shape index (κ2) is 3.84. The largest absolute Gasteiger partial charge is 0.464 e. The minimum absolute atomic E-state index is 0.123. The number of nitrogens with zero attached hydrogens (tertiary/aromatic N) is 2. The highest BCUT2D eigenvalue weighted by molar-refractivity contribution is 5.92. The Kier molecular flexibility index (Phi) is 2.93. The van der Waals surface area contributed by atoms with Gasteiger partial charge < -0.3 is 10.5 Å². The van der Waals surface area contributed by atoms with Crippen molar-refractivity contribution >= 4 is 11.7 Å². The van der Waals surface area contributed by atoms with Crippen LogP contribution in [0.15, 0.2) is 6.20 Å². The molecule has 0 saturated heterocycles. The number of rotatable bonds is 1. The molecule has 2 N–H and O–H groups in total. The SMILES string of the molecule is COC(=O)c1nc(C(C)(C)C)ncc1N. The van der Waals surface area contributed by atoms with Gasteiger partial charge in [0.1, 0.15) is 5.82 Å². The van der Waals surface area contributed by atoms with Gasteiger partial charge in [-0.25, -0.2) is 14.8 Å². The van der Waals surface area contributed by atoms with Gasteiger partial charge in [-0.05, 0) is 0 Å². The Hall–Kier alpha value is -1.65. The molecule has 0 aliphatic rings. The van der Waals surface area contributed by atoms with E-state index in [0.29, 0.717) is 5.82 Å². The number of hydrogen-bond acceptors (Lipinski definition) is 5. The van der Waals surface area contributed by atoms with Gasteiger partial charge in [-0.1, -0.05) is 20.8 Å². The van der Waals surface area contributed by atoms with Gasteiger partial charge in [0, 0.05) is 5.41 Å². The van der Waals surface area contributed by atoms with E-state index < -0.39 is 5.97 Å². The molecule has 5 nitrogen and oxygen atoms in total. The average molecular weight is 209 g/mol. The third kappa shape index (κ3) is 2.43. The van der Waals surface area contributed by atoms with Gasteiger partial charge in [0.05, 0.1) is 19.0 Å². The van der Waals surface area contributed by atoms with E-state index >= 15 is 0 Å². The van der Waals surface area contributed by atoms with Gasteiger partial charge in [0.15, 0.2) is 5.69 Å². The van der Waals surface area contributed by atoms with Gasteiger partial charge in [-0.3, -0.25) is 0 Å². The normalized spacial score (nSPS) is 11.2. The molecule has 0 aliphatic heterocycles. The molecule has 0 saturated carbocycles. The van der Waals surface area contributed by atoms with Crippen LogP contribution in [-0.2, 0) is 10.2 Å². The molecule has 1 aromatic heterocycles. The van der Waals surface area contributed by atoms with Crippen molar-refractivity contribution in [3.63, 3.8) is 0 Å². The Balaban J connectivity index is 3.23. The fourth-order valence-corrected chi connectivity index (χ4v) is 1.01. The molecule has 82 valence electrons. The molecule has 1 heterocycles. The Morgan fingerprint density at radius 2 is 2.07 bits per heavy atom. The summed E-state index contributed by atoms with van der Waals surface area (Å²) in [6.45, 7) is 5.87. The third-order valence-corrected chi connectivity index (χ3v) is 1.87. The van der Waals surface area contributed by atoms with Gasteiger partial charge in [-0.15, -0.1) is 0 Å². The lowest BCUT2D eigenvalue weighted by atomic mass is 9.95. The standard InChI is InChI=1S/C10H15N3O2/c1-10(2,3)9-12-5-6(11)7(13-9)8(14)15-4/h5H,11H2,1-4H3. The van der Waals surface area contributed by atoms with E-state index in [1.165, 1.54) is 13.3 Å². The maximum atomic E-state index is 11.3. The van der Waals surface area contributed by atoms with Crippen LogP contribution in [0, 0.1) is 0 Å². The number of anilines is 1. The topological polar surface area (TPSA) is 78.1 Å². The molecule has 0 aromatic carbocycles. The molecule has 0 spiro atoms. The van der Waals surface area contributed by atoms with Crippen LogP contribution < -0.4 is 5.73 Å². The Morgan fingerprint density at radius 3 is 2.53 bits per heavy atom. The molecule has 0 fully saturated rings. The predicted octanol–water partition coefficient (Wildman–Crippen LogP) is 1.14. The zero-order valence-corrected chi connectivity index (χ0v) is 9.37. The molecule has 1 aromatic rings. The van der Waals surface area contributed by atoms with Crippen molar-refractivity contribution in [1.82, 2.24) is 9.97 Å². The molecule has 0 atom stereocenters. The molecule has 15 heavy (non-hydrogen) atoms. The summed E-state index contributed by atoms with van der Waals surface area (Å²) in [5, 5.41) is 0. The number of esters is 1. The van der Waals surface area contributed by atoms with Crippen molar-refractivity contribution < 1.29 is 9.53 Å². The monoisotopic (exact) mass is 209 g/mol. The van der Waals surface area contributed by atoms with E-state index in [4.69, 9.17) is 5.73 Å². The van der Waals surface area contributed by atoms with Crippen LogP contribution in [0.25, 0.3) is 0 Å². The Morgan fingerprint density at radius 1 is 1.47 bits per heavy atom. The fourth-order valence-electron chi connectivity index (χ4n) is 1.01. The number of ether oxygens (including phenoxy) is 1. The van der Waals surface area contributed by atoms with Crippen LogP contribution in [0.5, 0.6) is 0 Å². The maximum absolute atomic E-state index is 11.3. The Labute approximate surface area is 88.7 Å². The maximum Gasteiger partial charge on any atom is 0.358 e. The van der Waals surface area contributed by atoms with Crippen molar-refractivity contribution in [1.29, 1.82) is 0 Å². The highest BCUT2D eigenvalue weighted by Gasteiger charge is 2.21. The second-order valence-corrected chi connectivity index (χ2v) is 4.24. The Bertz CT molecular complexity index is 383. The van der Waals surface area contributed by atoms with Crippen LogP contribution in [0.1, 0.15) is 37.1 Å². The van der Waals surface area contributed by atoms with Crippen LogP contribution in [0.3, 0.4) is 0 Å². The number of methoxy groups -OCH3 is 1. The van der Waals surface area contributed by atoms with Gasteiger partial charge in [-0.2, -0.15) is 0 Å². The molecule has 5 heteroatoms. The quantitative estimate of drug-likeness (QED) is 0.702. The van der Waals surface area contributed by atoms with Crippen molar-refractivity contribution in [2.45, 2.75) is 26.2 Å². The lowest BCUT2D eigenvalue weighted by molar-refractivity contribution is 0.0594. The summed E-state index contributed by atoms with van der Waals surface area (Å²) >= 11 is 0. The van der Waals surface area contributed by atoms with Crippen LogP contribution in [0.4, 0.5) is 5.69 Å². The first kappa shape index (κ1) is 11.4. The van der Waals surface area contributed by atoms with E-state index in [1.54, 1.807) is 0 Å². The third-order valence-electron chi connectivity index (χ3n) is 1.87. The van der Waals surface area contributed by atoms with Crippen molar-refractivity contribution in [2.75, 3.05) is 12.8 Å².